The van der Waals surface area contributed by atoms with Gasteiger partial charge in [-0.05, 0) is 19.9 Å². The highest BCUT2D eigenvalue weighted by Gasteiger charge is 2.13. The molecule has 8 heavy (non-hydrogen) atoms. The SMILES string of the molecule is C#CC(C)(O)CCN. The van der Waals surface area contributed by atoms with Crippen molar-refractivity contribution in [1.29, 1.82) is 0 Å². The summed E-state index contributed by atoms with van der Waals surface area (Å²) in [5.74, 6) is 2.22. The third-order valence-electron chi connectivity index (χ3n) is 0.942. The molecule has 0 aromatic heterocycles. The van der Waals surface area contributed by atoms with Crippen molar-refractivity contribution in [3.8, 4) is 12.3 Å². The maximum Gasteiger partial charge on any atom is 0.123 e. The molecule has 0 amide bonds. The molecule has 0 spiro atoms. The van der Waals surface area contributed by atoms with Gasteiger partial charge in [0.15, 0.2) is 0 Å². The zero-order chi connectivity index (χ0) is 6.62. The van der Waals surface area contributed by atoms with Crippen LogP contribution >= 0.6 is 0 Å². The minimum atomic E-state index is -1.01. The predicted molar refractivity (Wildman–Crippen MR) is 33.1 cm³/mol. The minimum absolute atomic E-state index is 0.428. The van der Waals surface area contributed by atoms with Crippen molar-refractivity contribution in [3.63, 3.8) is 0 Å². The summed E-state index contributed by atoms with van der Waals surface area (Å²) >= 11 is 0. The summed E-state index contributed by atoms with van der Waals surface area (Å²) in [7, 11) is 0. The number of aliphatic hydroxyl groups is 1. The van der Waals surface area contributed by atoms with E-state index >= 15 is 0 Å². The maximum absolute atomic E-state index is 9.01. The number of hydrogen-bond donors (Lipinski definition) is 2. The van der Waals surface area contributed by atoms with Gasteiger partial charge >= 0.3 is 0 Å². The van der Waals surface area contributed by atoms with E-state index in [1.165, 1.54) is 0 Å². The number of nitrogens with two attached hydrogens (primary N) is 1. The molecule has 0 rings (SSSR count). The topological polar surface area (TPSA) is 46.2 Å². The molecule has 0 aliphatic rings. The first-order valence-electron chi connectivity index (χ1n) is 2.52. The van der Waals surface area contributed by atoms with Crippen molar-refractivity contribution in [2.45, 2.75) is 18.9 Å². The molecule has 0 radical (unpaired) electrons. The summed E-state index contributed by atoms with van der Waals surface area (Å²) in [6.45, 7) is 2.00. The summed E-state index contributed by atoms with van der Waals surface area (Å²) in [6.07, 6.45) is 5.40. The highest BCUT2D eigenvalue weighted by Crippen LogP contribution is 2.03. The van der Waals surface area contributed by atoms with Crippen molar-refractivity contribution < 1.29 is 5.11 Å². The van der Waals surface area contributed by atoms with E-state index in [1.807, 2.05) is 0 Å². The second kappa shape index (κ2) is 2.71. The van der Waals surface area contributed by atoms with E-state index in [-0.39, 0.29) is 0 Å². The fraction of sp³-hybridized carbons (Fsp3) is 0.667. The Hall–Kier alpha value is -0.520. The van der Waals surface area contributed by atoms with Crippen LogP contribution in [-0.4, -0.2) is 17.3 Å². The molecule has 0 heterocycles. The quantitative estimate of drug-likeness (QED) is 0.484. The molecule has 3 N–H and O–H groups in total. The zero-order valence-electron chi connectivity index (χ0n) is 5.02. The summed E-state index contributed by atoms with van der Waals surface area (Å²) in [4.78, 5) is 0. The molecule has 1 atom stereocenters. The molecule has 0 saturated carbocycles. The Morgan fingerprint density at radius 3 is 2.50 bits per heavy atom. The lowest BCUT2D eigenvalue weighted by Crippen LogP contribution is -2.24. The van der Waals surface area contributed by atoms with Crippen molar-refractivity contribution in [2.75, 3.05) is 6.54 Å². The Balaban J connectivity index is 3.59. The van der Waals surface area contributed by atoms with Crippen LogP contribution in [0, 0.1) is 12.3 Å². The standard InChI is InChI=1S/C6H11NO/c1-3-6(2,8)4-5-7/h1,8H,4-5,7H2,2H3. The first-order chi connectivity index (χ1) is 3.62. The summed E-state index contributed by atoms with van der Waals surface area (Å²) < 4.78 is 0. The molecule has 1 unspecified atom stereocenters. The molecule has 2 heteroatoms. The largest absolute Gasteiger partial charge is 0.378 e. The van der Waals surface area contributed by atoms with Gasteiger partial charge in [-0.2, -0.15) is 0 Å². The van der Waals surface area contributed by atoms with E-state index < -0.39 is 5.60 Å². The summed E-state index contributed by atoms with van der Waals surface area (Å²) in [5.41, 5.74) is 4.13. The van der Waals surface area contributed by atoms with Gasteiger partial charge in [-0.3, -0.25) is 0 Å². The van der Waals surface area contributed by atoms with Crippen LogP contribution in [0.1, 0.15) is 13.3 Å². The van der Waals surface area contributed by atoms with Gasteiger partial charge in [0.05, 0.1) is 0 Å². The van der Waals surface area contributed by atoms with Crippen molar-refractivity contribution >= 4 is 0 Å². The minimum Gasteiger partial charge on any atom is -0.378 e. The number of terminal acetylenes is 1. The Kier molecular flexibility index (Phi) is 2.53. The molecule has 2 nitrogen and oxygen atoms in total. The Morgan fingerprint density at radius 1 is 1.88 bits per heavy atom. The second-order valence-electron chi connectivity index (χ2n) is 1.96. The highest BCUT2D eigenvalue weighted by atomic mass is 16.3. The number of rotatable bonds is 2. The smallest absolute Gasteiger partial charge is 0.123 e. The Labute approximate surface area is 49.7 Å². The van der Waals surface area contributed by atoms with E-state index in [0.717, 1.165) is 0 Å². The average Bonchev–Trinajstić information content (AvgIpc) is 1.67. The molecule has 0 fully saturated rings. The Bertz CT molecular complexity index is 102. The summed E-state index contributed by atoms with van der Waals surface area (Å²) in [6, 6.07) is 0. The monoisotopic (exact) mass is 113 g/mol. The lowest BCUT2D eigenvalue weighted by molar-refractivity contribution is 0.115. The van der Waals surface area contributed by atoms with Gasteiger partial charge in [-0.1, -0.05) is 5.92 Å². The van der Waals surface area contributed by atoms with Crippen LogP contribution in [0.4, 0.5) is 0 Å². The highest BCUT2D eigenvalue weighted by molar-refractivity contribution is 5.04. The zero-order valence-corrected chi connectivity index (χ0v) is 5.02. The molecule has 0 bridgehead atoms. The summed E-state index contributed by atoms with van der Waals surface area (Å²) in [5, 5.41) is 9.01. The van der Waals surface area contributed by atoms with E-state index in [2.05, 4.69) is 5.92 Å². The Morgan fingerprint density at radius 2 is 2.38 bits per heavy atom. The van der Waals surface area contributed by atoms with Crippen LogP contribution < -0.4 is 5.73 Å². The molecule has 0 aromatic rings. The van der Waals surface area contributed by atoms with Gasteiger partial charge < -0.3 is 10.8 Å². The predicted octanol–water partition coefficient (Wildman–Crippen LogP) is -0.281. The molecule has 0 aliphatic carbocycles. The third kappa shape index (κ3) is 2.62. The van der Waals surface area contributed by atoms with Crippen LogP contribution in [0.5, 0.6) is 0 Å². The van der Waals surface area contributed by atoms with Gasteiger partial charge in [-0.25, -0.2) is 0 Å². The van der Waals surface area contributed by atoms with Gasteiger partial charge in [0, 0.05) is 0 Å². The van der Waals surface area contributed by atoms with E-state index in [1.54, 1.807) is 6.92 Å². The van der Waals surface area contributed by atoms with Crippen molar-refractivity contribution in [3.05, 3.63) is 0 Å². The molecule has 0 aliphatic heterocycles. The maximum atomic E-state index is 9.01. The average molecular weight is 113 g/mol. The molecule has 0 saturated heterocycles. The van der Waals surface area contributed by atoms with E-state index in [0.29, 0.717) is 13.0 Å². The first kappa shape index (κ1) is 7.48. The lowest BCUT2D eigenvalue weighted by atomic mass is 10.1. The van der Waals surface area contributed by atoms with E-state index in [9.17, 15) is 0 Å². The fourth-order valence-corrected chi connectivity index (χ4v) is 0.353. The molecular formula is C6H11NO. The molecule has 0 aromatic carbocycles. The van der Waals surface area contributed by atoms with Crippen LogP contribution in [0.25, 0.3) is 0 Å². The van der Waals surface area contributed by atoms with Gasteiger partial charge in [-0.15, -0.1) is 6.42 Å². The van der Waals surface area contributed by atoms with Crippen molar-refractivity contribution in [2.24, 2.45) is 5.73 Å². The van der Waals surface area contributed by atoms with Gasteiger partial charge in [0.2, 0.25) is 0 Å². The lowest BCUT2D eigenvalue weighted by Gasteiger charge is -2.12. The van der Waals surface area contributed by atoms with Crippen LogP contribution in [-0.2, 0) is 0 Å². The normalized spacial score (nSPS) is 16.8. The van der Waals surface area contributed by atoms with Crippen molar-refractivity contribution in [1.82, 2.24) is 0 Å². The van der Waals surface area contributed by atoms with Gasteiger partial charge in [0.25, 0.3) is 0 Å². The molecular weight excluding hydrogens is 102 g/mol. The van der Waals surface area contributed by atoms with Gasteiger partial charge in [0.1, 0.15) is 5.60 Å². The van der Waals surface area contributed by atoms with E-state index in [4.69, 9.17) is 17.3 Å². The van der Waals surface area contributed by atoms with Crippen LogP contribution in [0.2, 0.25) is 0 Å². The second-order valence-corrected chi connectivity index (χ2v) is 1.96. The fourth-order valence-electron chi connectivity index (χ4n) is 0.353. The van der Waals surface area contributed by atoms with Crippen LogP contribution in [0.3, 0.4) is 0 Å². The third-order valence-corrected chi connectivity index (χ3v) is 0.942. The first-order valence-corrected chi connectivity index (χ1v) is 2.52. The molecule has 46 valence electrons. The van der Waals surface area contributed by atoms with Crippen LogP contribution in [0.15, 0.2) is 0 Å². The number of hydrogen-bond acceptors (Lipinski definition) is 2.